The standard InChI is InChI=1S/C23H23FN2O5/c1-16(27)26(14-17-13-20(29-3)10-11-22(17)30-15-24)21-5-4-12-25-23(21)31-19-8-6-18(28-2)7-9-19/h4-13H,14-15H2,1-3H3. The molecule has 0 atom stereocenters. The first-order valence-corrected chi connectivity index (χ1v) is 9.46. The third-order valence-corrected chi connectivity index (χ3v) is 4.50. The van der Waals surface area contributed by atoms with Gasteiger partial charge in [-0.1, -0.05) is 0 Å². The number of ether oxygens (including phenoxy) is 4. The summed E-state index contributed by atoms with van der Waals surface area (Å²) < 4.78 is 34.3. The van der Waals surface area contributed by atoms with Gasteiger partial charge in [0.15, 0.2) is 0 Å². The van der Waals surface area contributed by atoms with Crippen molar-refractivity contribution in [1.82, 2.24) is 4.98 Å². The molecule has 1 aromatic heterocycles. The predicted molar refractivity (Wildman–Crippen MR) is 114 cm³/mol. The van der Waals surface area contributed by atoms with Crippen molar-refractivity contribution in [2.45, 2.75) is 13.5 Å². The third-order valence-electron chi connectivity index (χ3n) is 4.50. The number of halogens is 1. The average Bonchev–Trinajstić information content (AvgIpc) is 2.79. The largest absolute Gasteiger partial charge is 0.497 e. The van der Waals surface area contributed by atoms with Gasteiger partial charge in [0, 0.05) is 18.7 Å². The minimum atomic E-state index is -0.988. The second-order valence-electron chi connectivity index (χ2n) is 6.44. The summed E-state index contributed by atoms with van der Waals surface area (Å²) in [6.45, 7) is 0.546. The Balaban J connectivity index is 1.94. The van der Waals surface area contributed by atoms with Gasteiger partial charge in [0.05, 0.1) is 20.8 Å². The van der Waals surface area contributed by atoms with Crippen molar-refractivity contribution >= 4 is 11.6 Å². The monoisotopic (exact) mass is 426 g/mol. The maximum Gasteiger partial charge on any atom is 0.243 e. The van der Waals surface area contributed by atoms with Crippen LogP contribution >= 0.6 is 0 Å². The van der Waals surface area contributed by atoms with Gasteiger partial charge in [-0.25, -0.2) is 9.37 Å². The molecule has 0 unspecified atom stereocenters. The van der Waals surface area contributed by atoms with Gasteiger partial charge in [-0.2, -0.15) is 0 Å². The summed E-state index contributed by atoms with van der Waals surface area (Å²) in [5, 5.41) is 0. The summed E-state index contributed by atoms with van der Waals surface area (Å²) in [6, 6.07) is 15.4. The topological polar surface area (TPSA) is 70.1 Å². The van der Waals surface area contributed by atoms with E-state index in [0.29, 0.717) is 34.2 Å². The van der Waals surface area contributed by atoms with Crippen LogP contribution in [0.3, 0.4) is 0 Å². The summed E-state index contributed by atoms with van der Waals surface area (Å²) in [5.74, 6) is 2.10. The van der Waals surface area contributed by atoms with Crippen LogP contribution in [0.25, 0.3) is 0 Å². The first-order valence-electron chi connectivity index (χ1n) is 9.46. The molecule has 7 nitrogen and oxygen atoms in total. The molecule has 162 valence electrons. The molecule has 0 aliphatic rings. The molecule has 0 saturated carbocycles. The minimum Gasteiger partial charge on any atom is -0.497 e. The van der Waals surface area contributed by atoms with Crippen LogP contribution in [0.5, 0.6) is 28.9 Å². The second kappa shape index (κ2) is 10.3. The van der Waals surface area contributed by atoms with Gasteiger partial charge in [0.1, 0.15) is 28.7 Å². The van der Waals surface area contributed by atoms with Crippen LogP contribution < -0.4 is 23.8 Å². The molecule has 1 amide bonds. The molecule has 0 aliphatic heterocycles. The van der Waals surface area contributed by atoms with Gasteiger partial charge in [-0.3, -0.25) is 4.79 Å². The van der Waals surface area contributed by atoms with E-state index in [1.165, 1.54) is 18.9 Å². The number of alkyl halides is 1. The van der Waals surface area contributed by atoms with E-state index in [-0.39, 0.29) is 18.3 Å². The van der Waals surface area contributed by atoms with Crippen molar-refractivity contribution < 1.29 is 28.1 Å². The van der Waals surface area contributed by atoms with Gasteiger partial charge in [0.2, 0.25) is 18.6 Å². The first kappa shape index (κ1) is 21.9. The molecule has 0 aliphatic carbocycles. The number of carbonyl (C=O) groups excluding carboxylic acids is 1. The van der Waals surface area contributed by atoms with E-state index < -0.39 is 6.86 Å². The highest BCUT2D eigenvalue weighted by atomic mass is 19.1. The summed E-state index contributed by atoms with van der Waals surface area (Å²) in [7, 11) is 3.11. The molecule has 31 heavy (non-hydrogen) atoms. The number of hydrogen-bond donors (Lipinski definition) is 0. The smallest absolute Gasteiger partial charge is 0.243 e. The van der Waals surface area contributed by atoms with E-state index in [4.69, 9.17) is 18.9 Å². The van der Waals surface area contributed by atoms with Crippen LogP contribution in [0.15, 0.2) is 60.8 Å². The number of rotatable bonds is 9. The highest BCUT2D eigenvalue weighted by Crippen LogP contribution is 2.34. The zero-order valence-corrected chi connectivity index (χ0v) is 17.5. The van der Waals surface area contributed by atoms with Crippen LogP contribution in [-0.4, -0.2) is 32.0 Å². The van der Waals surface area contributed by atoms with Crippen LogP contribution in [0.1, 0.15) is 12.5 Å². The van der Waals surface area contributed by atoms with E-state index in [1.54, 1.807) is 67.9 Å². The van der Waals surface area contributed by atoms with Crippen molar-refractivity contribution in [3.8, 4) is 28.9 Å². The minimum absolute atomic E-state index is 0.104. The Hall–Kier alpha value is -3.81. The van der Waals surface area contributed by atoms with E-state index in [0.717, 1.165) is 0 Å². The highest BCUT2D eigenvalue weighted by molar-refractivity contribution is 5.92. The van der Waals surface area contributed by atoms with Crippen LogP contribution in [-0.2, 0) is 11.3 Å². The molecule has 2 aromatic carbocycles. The quantitative estimate of drug-likeness (QED) is 0.492. The van der Waals surface area contributed by atoms with E-state index in [1.807, 2.05) is 0 Å². The zero-order valence-electron chi connectivity index (χ0n) is 17.5. The number of benzene rings is 2. The fourth-order valence-electron chi connectivity index (χ4n) is 2.96. The summed E-state index contributed by atoms with van der Waals surface area (Å²) >= 11 is 0. The van der Waals surface area contributed by atoms with Crippen LogP contribution in [0, 0.1) is 0 Å². The first-order chi connectivity index (χ1) is 15.0. The van der Waals surface area contributed by atoms with Gasteiger partial charge in [-0.15, -0.1) is 0 Å². The van der Waals surface area contributed by atoms with E-state index in [9.17, 15) is 9.18 Å². The molecule has 0 spiro atoms. The van der Waals surface area contributed by atoms with Crippen LogP contribution in [0.2, 0.25) is 0 Å². The van der Waals surface area contributed by atoms with Crippen molar-refractivity contribution in [3.63, 3.8) is 0 Å². The fraction of sp³-hybridized carbons (Fsp3) is 0.217. The molecule has 0 bridgehead atoms. The van der Waals surface area contributed by atoms with Gasteiger partial charge in [-0.05, 0) is 54.6 Å². The van der Waals surface area contributed by atoms with Crippen LogP contribution in [0.4, 0.5) is 10.1 Å². The maximum absolute atomic E-state index is 12.8. The Kier molecular flexibility index (Phi) is 7.26. The number of amides is 1. The normalized spacial score (nSPS) is 10.3. The van der Waals surface area contributed by atoms with Gasteiger partial charge >= 0.3 is 0 Å². The summed E-state index contributed by atoms with van der Waals surface area (Å²) in [6.07, 6.45) is 1.57. The fourth-order valence-corrected chi connectivity index (χ4v) is 2.96. The zero-order chi connectivity index (χ0) is 22.2. The van der Waals surface area contributed by atoms with Crippen molar-refractivity contribution in [1.29, 1.82) is 0 Å². The molecule has 3 rings (SSSR count). The second-order valence-corrected chi connectivity index (χ2v) is 6.44. The number of nitrogens with zero attached hydrogens (tertiary/aromatic N) is 2. The molecular weight excluding hydrogens is 403 g/mol. The number of carbonyl (C=O) groups is 1. The molecule has 0 radical (unpaired) electrons. The Morgan fingerprint density at radius 2 is 1.68 bits per heavy atom. The summed E-state index contributed by atoms with van der Waals surface area (Å²) in [5.41, 5.74) is 1.03. The lowest BCUT2D eigenvalue weighted by Crippen LogP contribution is -2.28. The highest BCUT2D eigenvalue weighted by Gasteiger charge is 2.20. The van der Waals surface area contributed by atoms with Crippen molar-refractivity contribution in [2.24, 2.45) is 0 Å². The van der Waals surface area contributed by atoms with Crippen molar-refractivity contribution in [2.75, 3.05) is 26.0 Å². The lowest BCUT2D eigenvalue weighted by molar-refractivity contribution is -0.116. The van der Waals surface area contributed by atoms with E-state index >= 15 is 0 Å². The lowest BCUT2D eigenvalue weighted by atomic mass is 10.1. The van der Waals surface area contributed by atoms with Gasteiger partial charge < -0.3 is 23.8 Å². The summed E-state index contributed by atoms with van der Waals surface area (Å²) in [4.78, 5) is 18.3. The number of methoxy groups -OCH3 is 2. The Morgan fingerprint density at radius 1 is 1.00 bits per heavy atom. The Morgan fingerprint density at radius 3 is 2.32 bits per heavy atom. The van der Waals surface area contributed by atoms with Crippen molar-refractivity contribution in [3.05, 3.63) is 66.4 Å². The lowest BCUT2D eigenvalue weighted by Gasteiger charge is -2.24. The Labute approximate surface area is 179 Å². The molecule has 3 aromatic rings. The number of aromatic nitrogens is 1. The molecule has 8 heteroatoms. The molecule has 1 heterocycles. The number of hydrogen-bond acceptors (Lipinski definition) is 6. The predicted octanol–water partition coefficient (Wildman–Crippen LogP) is 4.75. The SMILES string of the molecule is COc1ccc(Oc2ncccc2N(Cc2cc(OC)ccc2OCF)C(C)=O)cc1. The molecule has 0 N–H and O–H groups in total. The average molecular weight is 426 g/mol. The molecule has 0 fully saturated rings. The Bertz CT molecular complexity index is 1030. The maximum atomic E-state index is 12.8. The number of pyridine rings is 1. The molecular formula is C23H23FN2O5. The molecule has 0 saturated heterocycles. The van der Waals surface area contributed by atoms with E-state index in [2.05, 4.69) is 4.98 Å². The number of anilines is 1. The third kappa shape index (κ3) is 5.42. The van der Waals surface area contributed by atoms with Gasteiger partial charge in [0.25, 0.3) is 0 Å².